The number of nitrogens with one attached hydrogen (secondary N) is 1. The van der Waals surface area contributed by atoms with E-state index < -0.39 is 4.92 Å². The molecule has 0 radical (unpaired) electrons. The number of nitrogens with zero attached hydrogens (tertiary/aromatic N) is 2. The number of hydrogen-bond acceptors (Lipinski definition) is 4. The van der Waals surface area contributed by atoms with Crippen molar-refractivity contribution in [1.82, 2.24) is 4.57 Å². The van der Waals surface area contributed by atoms with Crippen molar-refractivity contribution in [1.29, 1.82) is 0 Å². The van der Waals surface area contributed by atoms with Gasteiger partial charge in [0, 0.05) is 37.5 Å². The molecule has 0 fully saturated rings. The van der Waals surface area contributed by atoms with Crippen molar-refractivity contribution in [2.75, 3.05) is 5.32 Å². The lowest BCUT2D eigenvalue weighted by molar-refractivity contribution is -0.384. The van der Waals surface area contributed by atoms with Gasteiger partial charge in [0.05, 0.1) is 10.6 Å². The van der Waals surface area contributed by atoms with E-state index in [0.717, 1.165) is 11.3 Å². The number of nitro benzene ring substituents is 1. The summed E-state index contributed by atoms with van der Waals surface area (Å²) in [5.41, 5.74) is 1.64. The van der Waals surface area contributed by atoms with Crippen LogP contribution in [0.15, 0.2) is 47.4 Å². The van der Waals surface area contributed by atoms with Gasteiger partial charge in [0.1, 0.15) is 0 Å². The van der Waals surface area contributed by atoms with Crippen LogP contribution in [0.1, 0.15) is 12.5 Å². The van der Waals surface area contributed by atoms with Gasteiger partial charge in [0.2, 0.25) is 0 Å². The smallest absolute Gasteiger partial charge is 0.269 e. The van der Waals surface area contributed by atoms with Crippen molar-refractivity contribution in [2.45, 2.75) is 20.0 Å². The van der Waals surface area contributed by atoms with E-state index in [4.69, 9.17) is 0 Å². The number of rotatable bonds is 5. The molecular formula is C14H15N3O3. The van der Waals surface area contributed by atoms with Crippen LogP contribution in [-0.4, -0.2) is 9.49 Å². The van der Waals surface area contributed by atoms with Gasteiger partial charge in [-0.3, -0.25) is 14.9 Å². The van der Waals surface area contributed by atoms with Crippen LogP contribution in [0, 0.1) is 10.1 Å². The van der Waals surface area contributed by atoms with Crippen molar-refractivity contribution in [2.24, 2.45) is 0 Å². The molecule has 0 aliphatic rings. The monoisotopic (exact) mass is 273 g/mol. The molecule has 0 spiro atoms. The predicted molar refractivity (Wildman–Crippen MR) is 76.8 cm³/mol. The summed E-state index contributed by atoms with van der Waals surface area (Å²) in [6.45, 7) is 2.96. The summed E-state index contributed by atoms with van der Waals surface area (Å²) in [6, 6.07) is 9.66. The summed E-state index contributed by atoms with van der Waals surface area (Å²) in [7, 11) is 0. The van der Waals surface area contributed by atoms with Gasteiger partial charge in [-0.2, -0.15) is 0 Å². The van der Waals surface area contributed by atoms with E-state index in [0.29, 0.717) is 13.1 Å². The second-order valence-electron chi connectivity index (χ2n) is 4.32. The average Bonchev–Trinajstić information content (AvgIpc) is 2.46. The summed E-state index contributed by atoms with van der Waals surface area (Å²) < 4.78 is 1.59. The van der Waals surface area contributed by atoms with Crippen LogP contribution in [0.2, 0.25) is 0 Å². The van der Waals surface area contributed by atoms with Crippen LogP contribution < -0.4 is 10.9 Å². The topological polar surface area (TPSA) is 77.2 Å². The number of pyridine rings is 1. The molecule has 6 nitrogen and oxygen atoms in total. The third kappa shape index (κ3) is 3.23. The normalized spacial score (nSPS) is 10.2. The SMILES string of the molecule is CCn1cc(NCc2cccc([N+](=O)[O-])c2)ccc1=O. The van der Waals surface area contributed by atoms with Gasteiger partial charge in [-0.25, -0.2) is 0 Å². The lowest BCUT2D eigenvalue weighted by Crippen LogP contribution is -2.17. The fraction of sp³-hybridized carbons (Fsp3) is 0.214. The Kier molecular flexibility index (Phi) is 4.14. The Morgan fingerprint density at radius 3 is 2.80 bits per heavy atom. The van der Waals surface area contributed by atoms with E-state index in [1.54, 1.807) is 22.9 Å². The number of aryl methyl sites for hydroxylation is 1. The molecular weight excluding hydrogens is 258 g/mol. The van der Waals surface area contributed by atoms with Crippen molar-refractivity contribution in [3.05, 3.63) is 68.6 Å². The Hall–Kier alpha value is -2.63. The van der Waals surface area contributed by atoms with Crippen LogP contribution in [0.4, 0.5) is 11.4 Å². The summed E-state index contributed by atoms with van der Waals surface area (Å²) in [5.74, 6) is 0. The summed E-state index contributed by atoms with van der Waals surface area (Å²) in [4.78, 5) is 21.7. The van der Waals surface area contributed by atoms with Crippen LogP contribution in [0.5, 0.6) is 0 Å². The third-order valence-corrected chi connectivity index (χ3v) is 2.94. The molecule has 0 bridgehead atoms. The zero-order valence-corrected chi connectivity index (χ0v) is 11.1. The highest BCUT2D eigenvalue weighted by Crippen LogP contribution is 2.14. The van der Waals surface area contributed by atoms with Crippen LogP contribution in [0.3, 0.4) is 0 Å². The lowest BCUT2D eigenvalue weighted by atomic mass is 10.2. The average molecular weight is 273 g/mol. The fourth-order valence-electron chi connectivity index (χ4n) is 1.87. The number of aromatic nitrogens is 1. The molecule has 20 heavy (non-hydrogen) atoms. The molecule has 0 saturated heterocycles. The van der Waals surface area contributed by atoms with Gasteiger partial charge in [-0.1, -0.05) is 12.1 Å². The van der Waals surface area contributed by atoms with E-state index in [2.05, 4.69) is 5.32 Å². The molecule has 1 N–H and O–H groups in total. The first-order chi connectivity index (χ1) is 9.60. The summed E-state index contributed by atoms with van der Waals surface area (Å²) in [5, 5.41) is 13.8. The minimum Gasteiger partial charge on any atom is -0.380 e. The first-order valence-corrected chi connectivity index (χ1v) is 6.28. The molecule has 1 heterocycles. The van der Waals surface area contributed by atoms with Gasteiger partial charge >= 0.3 is 0 Å². The quantitative estimate of drug-likeness (QED) is 0.670. The maximum Gasteiger partial charge on any atom is 0.269 e. The molecule has 0 aliphatic carbocycles. The van der Waals surface area contributed by atoms with Gasteiger partial charge in [-0.05, 0) is 18.6 Å². The minimum atomic E-state index is -0.416. The van der Waals surface area contributed by atoms with Crippen LogP contribution in [0.25, 0.3) is 0 Å². The zero-order valence-electron chi connectivity index (χ0n) is 11.1. The Balaban J connectivity index is 2.10. The third-order valence-electron chi connectivity index (χ3n) is 2.94. The minimum absolute atomic E-state index is 0.0478. The molecule has 0 saturated carbocycles. The Morgan fingerprint density at radius 1 is 1.30 bits per heavy atom. The predicted octanol–water partition coefficient (Wildman–Crippen LogP) is 2.39. The summed E-state index contributed by atoms with van der Waals surface area (Å²) in [6.07, 6.45) is 1.74. The van der Waals surface area contributed by atoms with Gasteiger partial charge in [0.25, 0.3) is 11.2 Å². The van der Waals surface area contributed by atoms with Crippen molar-refractivity contribution < 1.29 is 4.92 Å². The molecule has 0 aliphatic heterocycles. The van der Waals surface area contributed by atoms with E-state index in [9.17, 15) is 14.9 Å². The Morgan fingerprint density at radius 2 is 2.10 bits per heavy atom. The largest absolute Gasteiger partial charge is 0.380 e. The van der Waals surface area contributed by atoms with Crippen molar-refractivity contribution >= 4 is 11.4 Å². The van der Waals surface area contributed by atoms with Gasteiger partial charge < -0.3 is 9.88 Å². The molecule has 1 aromatic carbocycles. The van der Waals surface area contributed by atoms with Crippen molar-refractivity contribution in [3.8, 4) is 0 Å². The second-order valence-corrected chi connectivity index (χ2v) is 4.32. The molecule has 2 rings (SSSR count). The van der Waals surface area contributed by atoms with E-state index >= 15 is 0 Å². The first kappa shape index (κ1) is 13.8. The van der Waals surface area contributed by atoms with Gasteiger partial charge in [-0.15, -0.1) is 0 Å². The standard InChI is InChI=1S/C14H15N3O3/c1-2-16-10-12(6-7-14(16)18)15-9-11-4-3-5-13(8-11)17(19)20/h3-8,10,15H,2,9H2,1H3. The highest BCUT2D eigenvalue weighted by Gasteiger charge is 2.05. The molecule has 104 valence electrons. The highest BCUT2D eigenvalue weighted by molar-refractivity contribution is 5.42. The highest BCUT2D eigenvalue weighted by atomic mass is 16.6. The molecule has 6 heteroatoms. The molecule has 0 unspecified atom stereocenters. The van der Waals surface area contributed by atoms with Gasteiger partial charge in [0.15, 0.2) is 0 Å². The first-order valence-electron chi connectivity index (χ1n) is 6.28. The number of benzene rings is 1. The maximum atomic E-state index is 11.5. The molecule has 2 aromatic rings. The molecule has 0 atom stereocenters. The Labute approximate surface area is 115 Å². The lowest BCUT2D eigenvalue weighted by Gasteiger charge is -2.09. The van der Waals surface area contributed by atoms with E-state index in [1.165, 1.54) is 18.2 Å². The molecule has 1 aromatic heterocycles. The van der Waals surface area contributed by atoms with Crippen molar-refractivity contribution in [3.63, 3.8) is 0 Å². The number of hydrogen-bond donors (Lipinski definition) is 1. The van der Waals surface area contributed by atoms with E-state index in [1.807, 2.05) is 13.0 Å². The van der Waals surface area contributed by atoms with E-state index in [-0.39, 0.29) is 11.2 Å². The fourth-order valence-corrected chi connectivity index (χ4v) is 1.87. The number of anilines is 1. The van der Waals surface area contributed by atoms with Crippen LogP contribution in [-0.2, 0) is 13.1 Å². The Bertz CT molecular complexity index is 679. The molecule has 0 amide bonds. The summed E-state index contributed by atoms with van der Waals surface area (Å²) >= 11 is 0. The zero-order chi connectivity index (χ0) is 14.5. The van der Waals surface area contributed by atoms with Crippen LogP contribution >= 0.6 is 0 Å². The number of non-ortho nitro benzene ring substituents is 1. The second kappa shape index (κ2) is 6.01. The maximum absolute atomic E-state index is 11.5. The number of nitro groups is 1.